The summed E-state index contributed by atoms with van der Waals surface area (Å²) in [6.45, 7) is 4.63. The third-order valence-electron chi connectivity index (χ3n) is 5.08. The van der Waals surface area contributed by atoms with Gasteiger partial charge in [-0.1, -0.05) is 13.8 Å². The Morgan fingerprint density at radius 3 is 2.00 bits per heavy atom. The van der Waals surface area contributed by atoms with Crippen molar-refractivity contribution in [2.45, 2.75) is 52.4 Å². The third kappa shape index (κ3) is 1.20. The second-order valence-corrected chi connectivity index (χ2v) is 7.22. The van der Waals surface area contributed by atoms with Crippen LogP contribution >= 0.6 is 0 Å². The van der Waals surface area contributed by atoms with E-state index in [2.05, 4.69) is 13.8 Å². The Kier molecular flexibility index (Phi) is 1.56. The van der Waals surface area contributed by atoms with Crippen molar-refractivity contribution in [3.63, 3.8) is 0 Å². The van der Waals surface area contributed by atoms with Crippen LogP contribution in [0, 0.1) is 22.2 Å². The summed E-state index contributed by atoms with van der Waals surface area (Å²) in [5.74, 6) is 0.163. The molecule has 2 heteroatoms. The number of carbonyl (C=O) groups is 1. The fourth-order valence-electron chi connectivity index (χ4n) is 5.69. The van der Waals surface area contributed by atoms with Crippen molar-refractivity contribution in [3.05, 3.63) is 0 Å². The zero-order valence-corrected chi connectivity index (χ0v) is 9.68. The first-order valence-electron chi connectivity index (χ1n) is 6.08. The first-order valence-corrected chi connectivity index (χ1v) is 6.08. The maximum atomic E-state index is 11.5. The third-order valence-corrected chi connectivity index (χ3v) is 5.08. The summed E-state index contributed by atoms with van der Waals surface area (Å²) in [6.07, 6.45) is 6.62. The van der Waals surface area contributed by atoms with Crippen LogP contribution in [-0.2, 0) is 4.79 Å². The minimum absolute atomic E-state index is 0.326. The van der Waals surface area contributed by atoms with Gasteiger partial charge >= 0.3 is 5.97 Å². The Bertz CT molecular complexity index is 315. The molecule has 3 unspecified atom stereocenters. The maximum Gasteiger partial charge on any atom is 0.309 e. The number of aliphatic carboxylic acids is 1. The zero-order chi connectivity index (χ0) is 10.9. The highest BCUT2D eigenvalue weighted by Crippen LogP contribution is 2.69. The predicted octanol–water partition coefficient (Wildman–Crippen LogP) is 3.07. The van der Waals surface area contributed by atoms with Gasteiger partial charge in [0, 0.05) is 0 Å². The van der Waals surface area contributed by atoms with Crippen LogP contribution in [0.1, 0.15) is 52.4 Å². The molecule has 0 spiro atoms. The van der Waals surface area contributed by atoms with Crippen LogP contribution in [0.4, 0.5) is 0 Å². The molecule has 0 radical (unpaired) electrons. The molecule has 0 aliphatic heterocycles. The molecule has 0 saturated heterocycles. The predicted molar refractivity (Wildman–Crippen MR) is 57.5 cm³/mol. The van der Waals surface area contributed by atoms with Crippen LogP contribution in [0.25, 0.3) is 0 Å². The molecule has 4 aliphatic rings. The van der Waals surface area contributed by atoms with Gasteiger partial charge < -0.3 is 5.11 Å². The summed E-state index contributed by atoms with van der Waals surface area (Å²) in [6, 6.07) is 0. The highest BCUT2D eigenvalue weighted by Gasteiger charge is 2.62. The average Bonchev–Trinajstić information content (AvgIpc) is 1.95. The molecular weight excluding hydrogens is 188 g/mol. The van der Waals surface area contributed by atoms with E-state index in [9.17, 15) is 9.90 Å². The standard InChI is InChI=1S/C13H20O2/c1-11-3-9-4-12(2,6-11)8-13(5-9,7-11)10(14)15/h9H,3-8H2,1-2H3,(H,14,15)/t9?,11-,12?,13?/m0/s1. The quantitative estimate of drug-likeness (QED) is 0.719. The van der Waals surface area contributed by atoms with Crippen LogP contribution in [0.5, 0.6) is 0 Å². The van der Waals surface area contributed by atoms with E-state index in [1.54, 1.807) is 0 Å². The second kappa shape index (κ2) is 2.41. The van der Waals surface area contributed by atoms with E-state index in [-0.39, 0.29) is 5.41 Å². The molecule has 1 N–H and O–H groups in total. The van der Waals surface area contributed by atoms with E-state index in [4.69, 9.17) is 0 Å². The first kappa shape index (κ1) is 9.68. The van der Waals surface area contributed by atoms with Crippen molar-refractivity contribution in [1.29, 1.82) is 0 Å². The van der Waals surface area contributed by atoms with Crippen molar-refractivity contribution in [2.75, 3.05) is 0 Å². The fraction of sp³-hybridized carbons (Fsp3) is 0.923. The number of hydrogen-bond donors (Lipinski definition) is 1. The van der Waals surface area contributed by atoms with Gasteiger partial charge in [-0.3, -0.25) is 4.79 Å². The van der Waals surface area contributed by atoms with Crippen molar-refractivity contribution >= 4 is 5.97 Å². The monoisotopic (exact) mass is 208 g/mol. The Morgan fingerprint density at radius 1 is 1.07 bits per heavy atom. The largest absolute Gasteiger partial charge is 0.481 e. The van der Waals surface area contributed by atoms with E-state index in [1.807, 2.05) is 0 Å². The summed E-state index contributed by atoms with van der Waals surface area (Å²) >= 11 is 0. The normalized spacial score (nSPS) is 57.1. The lowest BCUT2D eigenvalue weighted by Crippen LogP contribution is -2.57. The number of hydrogen-bond acceptors (Lipinski definition) is 1. The van der Waals surface area contributed by atoms with Gasteiger partial charge in [0.05, 0.1) is 5.41 Å². The summed E-state index contributed by atoms with van der Waals surface area (Å²) in [5, 5.41) is 9.51. The van der Waals surface area contributed by atoms with Gasteiger partial charge in [-0.2, -0.15) is 0 Å². The van der Waals surface area contributed by atoms with Gasteiger partial charge in [-0.25, -0.2) is 0 Å². The number of rotatable bonds is 1. The molecule has 4 saturated carbocycles. The zero-order valence-electron chi connectivity index (χ0n) is 9.68. The Balaban J connectivity index is 2.05. The highest BCUT2D eigenvalue weighted by molar-refractivity contribution is 5.75. The van der Waals surface area contributed by atoms with Crippen LogP contribution in [0.3, 0.4) is 0 Å². The molecule has 4 bridgehead atoms. The summed E-state index contributed by atoms with van der Waals surface area (Å²) in [7, 11) is 0. The first-order chi connectivity index (χ1) is 6.85. The lowest BCUT2D eigenvalue weighted by molar-refractivity contribution is -0.185. The van der Waals surface area contributed by atoms with Gasteiger partial charge in [-0.15, -0.1) is 0 Å². The summed E-state index contributed by atoms with van der Waals surface area (Å²) in [4.78, 5) is 11.5. The second-order valence-electron chi connectivity index (χ2n) is 7.22. The van der Waals surface area contributed by atoms with Crippen LogP contribution in [0.2, 0.25) is 0 Å². The maximum absolute atomic E-state index is 11.5. The van der Waals surface area contributed by atoms with E-state index in [1.165, 1.54) is 19.3 Å². The fourth-order valence-corrected chi connectivity index (χ4v) is 5.69. The molecule has 0 amide bonds. The SMILES string of the molecule is CC12CC3CC(C(=O)O)(C1)C[C@@](C)(C3)C2. The molecule has 0 aromatic rings. The van der Waals surface area contributed by atoms with Crippen molar-refractivity contribution in [1.82, 2.24) is 0 Å². The van der Waals surface area contributed by atoms with E-state index in [0.717, 1.165) is 19.3 Å². The highest BCUT2D eigenvalue weighted by atomic mass is 16.4. The van der Waals surface area contributed by atoms with Crippen molar-refractivity contribution < 1.29 is 9.90 Å². The molecule has 4 atom stereocenters. The summed E-state index contributed by atoms with van der Waals surface area (Å²) in [5.41, 5.74) is 0.294. The Morgan fingerprint density at radius 2 is 1.60 bits per heavy atom. The Labute approximate surface area is 91.1 Å². The van der Waals surface area contributed by atoms with E-state index in [0.29, 0.717) is 16.7 Å². The molecule has 4 aliphatic carbocycles. The molecular formula is C13H20O2. The molecule has 0 aromatic carbocycles. The number of carboxylic acids is 1. The van der Waals surface area contributed by atoms with Crippen molar-refractivity contribution in [3.8, 4) is 0 Å². The van der Waals surface area contributed by atoms with Gasteiger partial charge in [0.2, 0.25) is 0 Å². The van der Waals surface area contributed by atoms with Crippen molar-refractivity contribution in [2.24, 2.45) is 22.2 Å². The minimum atomic E-state index is -0.524. The van der Waals surface area contributed by atoms with Crippen LogP contribution < -0.4 is 0 Å². The molecule has 0 aromatic heterocycles. The molecule has 15 heavy (non-hydrogen) atoms. The van der Waals surface area contributed by atoms with E-state index < -0.39 is 5.97 Å². The van der Waals surface area contributed by atoms with E-state index >= 15 is 0 Å². The topological polar surface area (TPSA) is 37.3 Å². The lowest BCUT2D eigenvalue weighted by Gasteiger charge is -2.63. The van der Waals surface area contributed by atoms with Gasteiger partial charge in [-0.05, 0) is 55.3 Å². The number of carboxylic acid groups (broad SMARTS) is 1. The minimum Gasteiger partial charge on any atom is -0.481 e. The molecule has 2 nitrogen and oxygen atoms in total. The van der Waals surface area contributed by atoms with Gasteiger partial charge in [0.25, 0.3) is 0 Å². The lowest BCUT2D eigenvalue weighted by atomic mass is 9.40. The molecule has 0 heterocycles. The van der Waals surface area contributed by atoms with Crippen LogP contribution in [0.15, 0.2) is 0 Å². The molecule has 4 rings (SSSR count). The Hall–Kier alpha value is -0.530. The molecule has 4 fully saturated rings. The molecule has 84 valence electrons. The van der Waals surface area contributed by atoms with Crippen LogP contribution in [-0.4, -0.2) is 11.1 Å². The van der Waals surface area contributed by atoms with Gasteiger partial charge in [0.15, 0.2) is 0 Å². The average molecular weight is 208 g/mol. The smallest absolute Gasteiger partial charge is 0.309 e. The van der Waals surface area contributed by atoms with Gasteiger partial charge in [0.1, 0.15) is 0 Å². The summed E-state index contributed by atoms with van der Waals surface area (Å²) < 4.78 is 0.